The molecule has 6 aromatic rings. The van der Waals surface area contributed by atoms with Gasteiger partial charge in [0.25, 0.3) is 0 Å². The molecule has 4 aromatic heterocycles. The summed E-state index contributed by atoms with van der Waals surface area (Å²) < 4.78 is 20.4. The lowest BCUT2D eigenvalue weighted by Crippen LogP contribution is -2.50. The van der Waals surface area contributed by atoms with Gasteiger partial charge in [-0.25, -0.2) is 24.1 Å². The molecule has 3 saturated heterocycles. The number of hydrogen-bond donors (Lipinski definition) is 3. The van der Waals surface area contributed by atoms with E-state index >= 15 is 4.39 Å². The molecule has 2 aromatic carbocycles. The average molecular weight is 869 g/mol. The van der Waals surface area contributed by atoms with Crippen LogP contribution < -0.4 is 25.3 Å². The van der Waals surface area contributed by atoms with E-state index in [1.165, 1.54) is 11.0 Å². The van der Waals surface area contributed by atoms with E-state index in [1.54, 1.807) is 12.4 Å². The lowest BCUT2D eigenvalue weighted by atomic mass is 9.95. The number of nitrogens with zero attached hydrogens (tertiary/aromatic N) is 9. The molecule has 7 heterocycles. The number of aryl methyl sites for hydroxylation is 1. The maximum Gasteiger partial charge on any atom is 0.328 e. The molecule has 64 heavy (non-hydrogen) atoms. The summed E-state index contributed by atoms with van der Waals surface area (Å²) in [7, 11) is 0. The van der Waals surface area contributed by atoms with Crippen molar-refractivity contribution in [1.29, 1.82) is 0 Å². The minimum Gasteiger partial charge on any atom is -0.371 e. The zero-order valence-corrected chi connectivity index (χ0v) is 36.8. The first-order chi connectivity index (χ1) is 30.8. The van der Waals surface area contributed by atoms with Crippen molar-refractivity contribution in [1.82, 2.24) is 45.6 Å². The van der Waals surface area contributed by atoms with Crippen LogP contribution in [0, 0.1) is 18.7 Å². The highest BCUT2D eigenvalue weighted by atomic mass is 19.1. The van der Waals surface area contributed by atoms with Crippen LogP contribution in [-0.4, -0.2) is 105 Å². The van der Waals surface area contributed by atoms with E-state index in [-0.39, 0.29) is 41.9 Å². The lowest BCUT2D eigenvalue weighted by Gasteiger charge is -2.39. The van der Waals surface area contributed by atoms with Crippen LogP contribution in [0.25, 0.3) is 33.5 Å². The van der Waals surface area contributed by atoms with Gasteiger partial charge in [-0.15, -0.1) is 0 Å². The third-order valence-electron chi connectivity index (χ3n) is 12.6. The summed E-state index contributed by atoms with van der Waals surface area (Å²) in [6.07, 6.45) is 5.68. The predicted molar refractivity (Wildman–Crippen MR) is 242 cm³/mol. The van der Waals surface area contributed by atoms with Crippen LogP contribution in [0.1, 0.15) is 80.6 Å². The summed E-state index contributed by atoms with van der Waals surface area (Å²) in [5.41, 5.74) is 6.97. The minimum atomic E-state index is -0.586. The van der Waals surface area contributed by atoms with Crippen LogP contribution in [0.4, 0.5) is 26.4 Å². The van der Waals surface area contributed by atoms with Crippen LogP contribution >= 0.6 is 0 Å². The number of imide groups is 1. The van der Waals surface area contributed by atoms with Gasteiger partial charge in [0, 0.05) is 98.3 Å². The average Bonchev–Trinajstić information content (AvgIpc) is 3.97. The SMILES string of the molecule is Cc1cc(-c2ncnc3[nH]c(-c4ccc(N5CCN(CC6CCN(c7ccc(N8CCC(=O)NC8=O)c(F)c7)CC6)CC5)nc4)cc23)ccc1C(C)NC(=O)c1nc(C(C)(C)C)no1. The first-order valence-electron chi connectivity index (χ1n) is 22.0. The molecule has 0 radical (unpaired) electrons. The van der Waals surface area contributed by atoms with Gasteiger partial charge in [0.1, 0.15) is 23.6 Å². The molecule has 17 heteroatoms. The number of rotatable bonds is 10. The molecule has 9 rings (SSSR count). The Morgan fingerprint density at radius 3 is 2.39 bits per heavy atom. The summed E-state index contributed by atoms with van der Waals surface area (Å²) in [4.78, 5) is 66.9. The van der Waals surface area contributed by atoms with E-state index in [1.807, 2.05) is 59.0 Å². The van der Waals surface area contributed by atoms with Gasteiger partial charge >= 0.3 is 17.8 Å². The van der Waals surface area contributed by atoms with Crippen molar-refractivity contribution in [3.05, 3.63) is 95.8 Å². The van der Waals surface area contributed by atoms with Crippen molar-refractivity contribution in [2.45, 2.75) is 65.3 Å². The van der Waals surface area contributed by atoms with Crippen LogP contribution in [-0.2, 0) is 10.2 Å². The Balaban J connectivity index is 0.771. The number of nitrogens with one attached hydrogen (secondary N) is 3. The maximum atomic E-state index is 15.1. The second kappa shape index (κ2) is 17.4. The molecule has 1 atom stereocenters. The minimum absolute atomic E-state index is 0.0570. The first-order valence-corrected chi connectivity index (χ1v) is 22.0. The van der Waals surface area contributed by atoms with Crippen molar-refractivity contribution >= 4 is 46.1 Å². The predicted octanol–water partition coefficient (Wildman–Crippen LogP) is 6.79. The molecular formula is C47H53FN12O4. The third-order valence-corrected chi connectivity index (χ3v) is 12.6. The number of carbonyl (C=O) groups is 3. The summed E-state index contributed by atoms with van der Waals surface area (Å²) in [6.45, 7) is 16.4. The highest BCUT2D eigenvalue weighted by molar-refractivity contribution is 6.05. The van der Waals surface area contributed by atoms with Crippen molar-refractivity contribution in [3.63, 3.8) is 0 Å². The standard InChI is InChI=1S/C47H53FN12O4/c1-28-22-31(6-9-34(28)29(2)52-43(62)44-55-45(56-64-44)47(3,4)5)41-35-24-37(53-42(35)51-27-50-41)32-7-11-39(49-25-32)59-20-18-57(19-21-59)26-30-12-15-58(16-13-30)33-8-10-38(36(48)23-33)60-17-14-40(61)54-46(60)63/h6-11,22-25,27,29-30H,12-21,26H2,1-5H3,(H,52,62)(H,50,51,53)(H,54,61,63). The number of halogens is 1. The zero-order valence-electron chi connectivity index (χ0n) is 36.8. The van der Waals surface area contributed by atoms with Crippen molar-refractivity contribution in [3.8, 4) is 22.5 Å². The fourth-order valence-corrected chi connectivity index (χ4v) is 8.93. The number of piperazine rings is 1. The van der Waals surface area contributed by atoms with E-state index in [0.717, 1.165) is 115 Å². The molecule has 4 amide bonds. The maximum absolute atomic E-state index is 15.1. The highest BCUT2D eigenvalue weighted by Gasteiger charge is 2.29. The molecule has 16 nitrogen and oxygen atoms in total. The summed E-state index contributed by atoms with van der Waals surface area (Å²) in [5, 5.41) is 10.1. The molecule has 0 bridgehead atoms. The van der Waals surface area contributed by atoms with Gasteiger partial charge in [-0.3, -0.25) is 24.7 Å². The number of fused-ring (bicyclic) bond motifs is 1. The smallest absolute Gasteiger partial charge is 0.328 e. The normalized spacial score (nSPS) is 17.2. The fourth-order valence-electron chi connectivity index (χ4n) is 8.93. The lowest BCUT2D eigenvalue weighted by molar-refractivity contribution is -0.120. The number of amides is 4. The Labute approximate surface area is 370 Å². The number of aromatic amines is 1. The molecule has 1 unspecified atom stereocenters. The van der Waals surface area contributed by atoms with Gasteiger partial charge in [-0.2, -0.15) is 4.98 Å². The molecule has 3 aliphatic heterocycles. The monoisotopic (exact) mass is 868 g/mol. The zero-order chi connectivity index (χ0) is 44.7. The van der Waals surface area contributed by atoms with Gasteiger partial charge in [0.15, 0.2) is 5.82 Å². The number of H-pyrrole nitrogens is 1. The Kier molecular flexibility index (Phi) is 11.6. The Morgan fingerprint density at radius 1 is 0.922 bits per heavy atom. The second-order valence-corrected chi connectivity index (χ2v) is 18.1. The van der Waals surface area contributed by atoms with E-state index in [0.29, 0.717) is 11.7 Å². The van der Waals surface area contributed by atoms with Crippen LogP contribution in [0.3, 0.4) is 0 Å². The van der Waals surface area contributed by atoms with Gasteiger partial charge < -0.3 is 24.6 Å². The number of pyridine rings is 1. The Bertz CT molecular complexity index is 2690. The van der Waals surface area contributed by atoms with Gasteiger partial charge in [-0.1, -0.05) is 38.1 Å². The van der Waals surface area contributed by atoms with E-state index in [4.69, 9.17) is 9.51 Å². The van der Waals surface area contributed by atoms with Crippen molar-refractivity contribution < 1.29 is 23.3 Å². The summed E-state index contributed by atoms with van der Waals surface area (Å²) in [5.74, 6) is 0.722. The fraction of sp³-hybridized carbons (Fsp3) is 0.404. The molecule has 0 spiro atoms. The van der Waals surface area contributed by atoms with Crippen molar-refractivity contribution in [2.24, 2.45) is 5.92 Å². The number of benzene rings is 2. The number of aromatic nitrogens is 6. The number of carbonyl (C=O) groups excluding carboxylic acids is 3. The van der Waals surface area contributed by atoms with Gasteiger partial charge in [0.05, 0.1) is 17.4 Å². The molecule has 332 valence electrons. The third kappa shape index (κ3) is 8.89. The largest absolute Gasteiger partial charge is 0.371 e. The van der Waals surface area contributed by atoms with Gasteiger partial charge in [-0.05, 0) is 86.2 Å². The van der Waals surface area contributed by atoms with E-state index in [9.17, 15) is 14.4 Å². The molecule has 3 aliphatic rings. The highest BCUT2D eigenvalue weighted by Crippen LogP contribution is 2.33. The van der Waals surface area contributed by atoms with Crippen LogP contribution in [0.5, 0.6) is 0 Å². The quantitative estimate of drug-likeness (QED) is 0.131. The molecule has 3 fully saturated rings. The second-order valence-electron chi connectivity index (χ2n) is 18.1. The molecular weight excluding hydrogens is 816 g/mol. The van der Waals surface area contributed by atoms with E-state index in [2.05, 4.69) is 74.7 Å². The number of hydrogen-bond acceptors (Lipinski definition) is 12. The molecule has 3 N–H and O–H groups in total. The Morgan fingerprint density at radius 2 is 1.70 bits per heavy atom. The van der Waals surface area contributed by atoms with E-state index < -0.39 is 17.8 Å². The van der Waals surface area contributed by atoms with Crippen molar-refractivity contribution in [2.75, 3.05) is 67.1 Å². The molecule has 0 saturated carbocycles. The number of anilines is 3. The topological polar surface area (TPSA) is 182 Å². The Hall–Kier alpha value is -6.75. The van der Waals surface area contributed by atoms with Crippen LogP contribution in [0.2, 0.25) is 0 Å². The summed E-state index contributed by atoms with van der Waals surface area (Å²) in [6, 6.07) is 16.5. The number of urea groups is 1. The van der Waals surface area contributed by atoms with Crippen LogP contribution in [0.15, 0.2) is 71.6 Å². The molecule has 0 aliphatic carbocycles. The summed E-state index contributed by atoms with van der Waals surface area (Å²) >= 11 is 0. The first kappa shape index (κ1) is 42.5. The number of piperidine rings is 1. The van der Waals surface area contributed by atoms with Gasteiger partial charge in [0.2, 0.25) is 5.91 Å².